The first kappa shape index (κ1) is 13.2. The summed E-state index contributed by atoms with van der Waals surface area (Å²) in [5.41, 5.74) is -0.130. The quantitative estimate of drug-likeness (QED) is 0.810. The molecule has 0 aromatic rings. The predicted octanol–water partition coefficient (Wildman–Crippen LogP) is 0.717. The highest BCUT2D eigenvalue weighted by molar-refractivity contribution is 8.00. The maximum absolute atomic E-state index is 12.1. The van der Waals surface area contributed by atoms with Gasteiger partial charge in [-0.15, -0.1) is 0 Å². The van der Waals surface area contributed by atoms with E-state index in [1.54, 1.807) is 0 Å². The first-order chi connectivity index (χ1) is 8.02. The molecule has 1 amide bonds. The summed E-state index contributed by atoms with van der Waals surface area (Å²) in [5, 5.41) is 3.69. The van der Waals surface area contributed by atoms with Gasteiger partial charge in [-0.05, 0) is 13.8 Å². The van der Waals surface area contributed by atoms with Crippen molar-refractivity contribution in [2.24, 2.45) is 0 Å². The molecule has 2 rings (SSSR count). The van der Waals surface area contributed by atoms with Gasteiger partial charge in [0, 0.05) is 36.7 Å². The summed E-state index contributed by atoms with van der Waals surface area (Å²) in [6.45, 7) is 9.14. The van der Waals surface area contributed by atoms with Crippen LogP contribution in [0.3, 0.4) is 0 Å². The van der Waals surface area contributed by atoms with Gasteiger partial charge < -0.3 is 15.0 Å². The minimum Gasteiger partial charge on any atom is -0.363 e. The second-order valence-electron chi connectivity index (χ2n) is 5.25. The van der Waals surface area contributed by atoms with Crippen molar-refractivity contribution in [1.82, 2.24) is 10.2 Å². The van der Waals surface area contributed by atoms with E-state index in [9.17, 15) is 4.79 Å². The minimum atomic E-state index is -0.130. The van der Waals surface area contributed by atoms with Gasteiger partial charge in [-0.2, -0.15) is 11.8 Å². The monoisotopic (exact) mass is 258 g/mol. The van der Waals surface area contributed by atoms with Crippen LogP contribution >= 0.6 is 11.8 Å². The van der Waals surface area contributed by atoms with Gasteiger partial charge in [0.1, 0.15) is 6.61 Å². The van der Waals surface area contributed by atoms with Gasteiger partial charge in [0.25, 0.3) is 0 Å². The summed E-state index contributed by atoms with van der Waals surface area (Å²) >= 11 is 1.94. The summed E-state index contributed by atoms with van der Waals surface area (Å²) in [4.78, 5) is 14.1. The Balaban J connectivity index is 1.82. The third-order valence-corrected chi connectivity index (χ3v) is 5.08. The maximum Gasteiger partial charge on any atom is 0.248 e. The molecule has 0 aromatic carbocycles. The zero-order valence-electron chi connectivity index (χ0n) is 10.9. The number of hydrogen-bond donors (Lipinski definition) is 1. The van der Waals surface area contributed by atoms with Crippen LogP contribution in [0.2, 0.25) is 0 Å². The Morgan fingerprint density at radius 3 is 2.82 bits per heavy atom. The van der Waals surface area contributed by atoms with Gasteiger partial charge in [-0.1, -0.05) is 6.92 Å². The molecule has 2 atom stereocenters. The molecule has 5 heteroatoms. The molecule has 0 bridgehead atoms. The summed E-state index contributed by atoms with van der Waals surface area (Å²) < 4.78 is 5.70. The minimum absolute atomic E-state index is 0.130. The lowest BCUT2D eigenvalue weighted by molar-refractivity contribution is -0.147. The molecule has 98 valence electrons. The summed E-state index contributed by atoms with van der Waals surface area (Å²) in [5.74, 6) is 1.17. The first-order valence-corrected chi connectivity index (χ1v) is 7.32. The zero-order valence-corrected chi connectivity index (χ0v) is 11.7. The van der Waals surface area contributed by atoms with Gasteiger partial charge in [-0.3, -0.25) is 4.79 Å². The molecule has 1 N–H and O–H groups in total. The number of hydrogen-bond acceptors (Lipinski definition) is 4. The smallest absolute Gasteiger partial charge is 0.248 e. The number of amides is 1. The standard InChI is InChI=1S/C12H22N2O2S/c1-9-10(2)17-5-4-14(9)11(15)6-16-12(3)7-13-8-12/h9-10,13H,4-8H2,1-3H3. The molecule has 4 nitrogen and oxygen atoms in total. The molecule has 17 heavy (non-hydrogen) atoms. The van der Waals surface area contributed by atoms with Crippen LogP contribution in [-0.2, 0) is 9.53 Å². The lowest BCUT2D eigenvalue weighted by Crippen LogP contribution is -2.60. The highest BCUT2D eigenvalue weighted by Crippen LogP contribution is 2.24. The highest BCUT2D eigenvalue weighted by atomic mass is 32.2. The molecular weight excluding hydrogens is 236 g/mol. The number of carbonyl (C=O) groups excluding carboxylic acids is 1. The number of thioether (sulfide) groups is 1. The van der Waals surface area contributed by atoms with Crippen LogP contribution in [0, 0.1) is 0 Å². The van der Waals surface area contributed by atoms with Crippen LogP contribution in [0.15, 0.2) is 0 Å². The molecule has 2 aliphatic heterocycles. The normalized spacial score (nSPS) is 32.1. The van der Waals surface area contributed by atoms with E-state index in [0.717, 1.165) is 25.4 Å². The Morgan fingerprint density at radius 1 is 1.53 bits per heavy atom. The second kappa shape index (κ2) is 5.16. The lowest BCUT2D eigenvalue weighted by Gasteiger charge is -2.41. The lowest BCUT2D eigenvalue weighted by atomic mass is 10.0. The van der Waals surface area contributed by atoms with Crippen LogP contribution in [0.25, 0.3) is 0 Å². The van der Waals surface area contributed by atoms with Crippen LogP contribution in [-0.4, -0.2) is 59.7 Å². The number of nitrogens with one attached hydrogen (secondary N) is 1. The average Bonchev–Trinajstić information content (AvgIpc) is 2.27. The van der Waals surface area contributed by atoms with E-state index in [2.05, 4.69) is 26.1 Å². The van der Waals surface area contributed by atoms with Crippen LogP contribution in [0.5, 0.6) is 0 Å². The summed E-state index contributed by atoms with van der Waals surface area (Å²) in [6.07, 6.45) is 0. The van der Waals surface area contributed by atoms with Gasteiger partial charge in [0.05, 0.1) is 5.60 Å². The van der Waals surface area contributed by atoms with E-state index in [4.69, 9.17) is 4.74 Å². The molecule has 0 spiro atoms. The molecular formula is C12H22N2O2S. The fourth-order valence-corrected chi connectivity index (χ4v) is 3.28. The van der Waals surface area contributed by atoms with Gasteiger partial charge in [0.2, 0.25) is 5.91 Å². The first-order valence-electron chi connectivity index (χ1n) is 6.28. The molecule has 0 radical (unpaired) electrons. The molecule has 2 heterocycles. The van der Waals surface area contributed by atoms with Crippen molar-refractivity contribution in [3.8, 4) is 0 Å². The average molecular weight is 258 g/mol. The number of carbonyl (C=O) groups is 1. The van der Waals surface area contributed by atoms with Crippen LogP contribution in [0.1, 0.15) is 20.8 Å². The molecule has 2 unspecified atom stereocenters. The fraction of sp³-hybridized carbons (Fsp3) is 0.917. The summed E-state index contributed by atoms with van der Waals surface area (Å²) in [6, 6.07) is 0.317. The van der Waals surface area contributed by atoms with E-state index in [0.29, 0.717) is 11.3 Å². The van der Waals surface area contributed by atoms with E-state index in [1.807, 2.05) is 16.7 Å². The Hall–Kier alpha value is -0.260. The van der Waals surface area contributed by atoms with Crippen molar-refractivity contribution in [2.75, 3.05) is 32.0 Å². The Bertz CT molecular complexity index is 294. The Kier molecular flexibility index (Phi) is 4.00. The SMILES string of the molecule is CC1SCCN(C(=O)COC2(C)CNC2)C1C. The number of ether oxygens (including phenoxy) is 1. The Labute approximate surface area is 107 Å². The number of rotatable bonds is 3. The third kappa shape index (κ3) is 2.95. The summed E-state index contributed by atoms with van der Waals surface area (Å²) in [7, 11) is 0. The van der Waals surface area contributed by atoms with E-state index in [1.165, 1.54) is 0 Å². The third-order valence-electron chi connectivity index (χ3n) is 3.75. The molecule has 0 saturated carbocycles. The number of nitrogens with zero attached hydrogens (tertiary/aromatic N) is 1. The van der Waals surface area contributed by atoms with Crippen molar-refractivity contribution >= 4 is 17.7 Å². The van der Waals surface area contributed by atoms with Crippen molar-refractivity contribution in [1.29, 1.82) is 0 Å². The molecule has 0 aliphatic carbocycles. The van der Waals surface area contributed by atoms with Gasteiger partial charge in [-0.25, -0.2) is 0 Å². The fourth-order valence-electron chi connectivity index (χ4n) is 2.18. The van der Waals surface area contributed by atoms with E-state index in [-0.39, 0.29) is 18.1 Å². The molecule has 2 saturated heterocycles. The van der Waals surface area contributed by atoms with E-state index >= 15 is 0 Å². The van der Waals surface area contributed by atoms with Crippen molar-refractivity contribution < 1.29 is 9.53 Å². The maximum atomic E-state index is 12.1. The zero-order chi connectivity index (χ0) is 12.5. The van der Waals surface area contributed by atoms with Crippen LogP contribution < -0.4 is 5.32 Å². The topological polar surface area (TPSA) is 41.6 Å². The highest BCUT2D eigenvalue weighted by Gasteiger charge is 2.35. The van der Waals surface area contributed by atoms with Crippen molar-refractivity contribution in [3.05, 3.63) is 0 Å². The molecule has 2 fully saturated rings. The molecule has 0 aromatic heterocycles. The van der Waals surface area contributed by atoms with Crippen molar-refractivity contribution in [2.45, 2.75) is 37.7 Å². The van der Waals surface area contributed by atoms with E-state index < -0.39 is 0 Å². The predicted molar refractivity (Wildman–Crippen MR) is 70.3 cm³/mol. The second-order valence-corrected chi connectivity index (χ2v) is 6.73. The molecule has 2 aliphatic rings. The largest absolute Gasteiger partial charge is 0.363 e. The van der Waals surface area contributed by atoms with Crippen molar-refractivity contribution in [3.63, 3.8) is 0 Å². The van der Waals surface area contributed by atoms with Crippen LogP contribution in [0.4, 0.5) is 0 Å². The van der Waals surface area contributed by atoms with Gasteiger partial charge >= 0.3 is 0 Å². The van der Waals surface area contributed by atoms with Gasteiger partial charge in [0.15, 0.2) is 0 Å². The Morgan fingerprint density at radius 2 is 2.24 bits per heavy atom.